The van der Waals surface area contributed by atoms with Crippen LogP contribution in [-0.2, 0) is 30.3 Å². The Balaban J connectivity index is 1.70. The molecular weight excluding hydrogens is 418 g/mol. The second kappa shape index (κ2) is 9.99. The zero-order valence-electron chi connectivity index (χ0n) is 16.8. The molecule has 1 unspecified atom stereocenters. The number of hydrogen-bond acceptors (Lipinski definition) is 6. The highest BCUT2D eigenvalue weighted by molar-refractivity contribution is 7.14. The quantitative estimate of drug-likeness (QED) is 0.513. The maximum Gasteiger partial charge on any atom is 0.310 e. The molecule has 1 heterocycles. The van der Waals surface area contributed by atoms with E-state index in [1.165, 1.54) is 18.3 Å². The number of nitrogens with zero attached hydrogens (tertiary/aromatic N) is 1. The second-order valence-electron chi connectivity index (χ2n) is 6.90. The number of hydrogen-bond donors (Lipinski definition) is 1. The van der Waals surface area contributed by atoms with Gasteiger partial charge in [-0.2, -0.15) is 0 Å². The molecule has 2 aromatic carbocycles. The standard InChI is InChI=1S/C23H21NO6S/c1-15(25)24(21-10-5-11-31-21)19(13-22(27)28)20(26)14-30-23(29)12-17-8-4-7-16-6-2-3-9-18(16)17/h2-11,19H,12-14H2,1H3,(H,27,28). The number of ether oxygens (including phenoxy) is 1. The van der Waals surface area contributed by atoms with Crippen molar-refractivity contribution in [3.05, 3.63) is 65.5 Å². The van der Waals surface area contributed by atoms with E-state index in [1.807, 2.05) is 42.5 Å². The fourth-order valence-corrected chi connectivity index (χ4v) is 4.17. The molecular formula is C23H21NO6S. The highest BCUT2D eigenvalue weighted by atomic mass is 32.1. The number of amides is 1. The number of fused-ring (bicyclic) bond motifs is 1. The summed E-state index contributed by atoms with van der Waals surface area (Å²) in [4.78, 5) is 49.7. The number of carboxylic acids is 1. The Morgan fingerprint density at radius 3 is 2.45 bits per heavy atom. The third-order valence-corrected chi connectivity index (χ3v) is 5.59. The van der Waals surface area contributed by atoms with Crippen LogP contribution in [-0.4, -0.2) is 41.4 Å². The molecule has 0 aliphatic carbocycles. The molecule has 0 fully saturated rings. The summed E-state index contributed by atoms with van der Waals surface area (Å²) in [5.41, 5.74) is 0.765. The lowest BCUT2D eigenvalue weighted by molar-refractivity contribution is -0.148. The summed E-state index contributed by atoms with van der Waals surface area (Å²) in [6, 6.07) is 15.3. The number of benzene rings is 2. The van der Waals surface area contributed by atoms with Gasteiger partial charge in [-0.3, -0.25) is 24.1 Å². The first kappa shape index (κ1) is 22.2. The van der Waals surface area contributed by atoms with E-state index in [0.29, 0.717) is 5.00 Å². The molecule has 1 amide bonds. The largest absolute Gasteiger partial charge is 0.481 e. The van der Waals surface area contributed by atoms with Crippen molar-refractivity contribution >= 4 is 50.7 Å². The molecule has 0 spiro atoms. The van der Waals surface area contributed by atoms with Gasteiger partial charge in [0.2, 0.25) is 5.91 Å². The Hall–Kier alpha value is -3.52. The summed E-state index contributed by atoms with van der Waals surface area (Å²) in [6.07, 6.45) is -0.614. The highest BCUT2D eigenvalue weighted by Crippen LogP contribution is 2.25. The Morgan fingerprint density at radius 2 is 1.77 bits per heavy atom. The molecule has 31 heavy (non-hydrogen) atoms. The number of ketones is 1. The topological polar surface area (TPSA) is 101 Å². The van der Waals surface area contributed by atoms with Crippen LogP contribution in [0, 0.1) is 0 Å². The number of aliphatic carboxylic acids is 1. The SMILES string of the molecule is CC(=O)N(c1cccs1)C(CC(=O)O)C(=O)COC(=O)Cc1cccc2ccccc12. The van der Waals surface area contributed by atoms with Crippen molar-refractivity contribution in [3.8, 4) is 0 Å². The molecule has 0 saturated carbocycles. The molecule has 1 aromatic heterocycles. The molecule has 0 aliphatic heterocycles. The lowest BCUT2D eigenvalue weighted by Gasteiger charge is -2.27. The minimum atomic E-state index is -1.26. The second-order valence-corrected chi connectivity index (χ2v) is 7.82. The zero-order chi connectivity index (χ0) is 22.4. The maximum absolute atomic E-state index is 12.8. The lowest BCUT2D eigenvalue weighted by Crippen LogP contribution is -2.47. The van der Waals surface area contributed by atoms with Gasteiger partial charge in [0, 0.05) is 6.92 Å². The minimum Gasteiger partial charge on any atom is -0.481 e. The van der Waals surface area contributed by atoms with Gasteiger partial charge in [-0.15, -0.1) is 11.3 Å². The van der Waals surface area contributed by atoms with Crippen LogP contribution in [0.25, 0.3) is 10.8 Å². The van der Waals surface area contributed by atoms with E-state index in [9.17, 15) is 24.3 Å². The smallest absolute Gasteiger partial charge is 0.310 e. The average Bonchev–Trinajstić information content (AvgIpc) is 3.25. The van der Waals surface area contributed by atoms with Crippen LogP contribution in [0.3, 0.4) is 0 Å². The van der Waals surface area contributed by atoms with E-state index >= 15 is 0 Å². The molecule has 1 N–H and O–H groups in total. The summed E-state index contributed by atoms with van der Waals surface area (Å²) in [6.45, 7) is 0.644. The number of anilines is 1. The average molecular weight is 439 g/mol. The number of carbonyl (C=O) groups excluding carboxylic acids is 3. The molecule has 0 saturated heterocycles. The molecule has 0 bridgehead atoms. The first-order valence-electron chi connectivity index (χ1n) is 9.57. The van der Waals surface area contributed by atoms with Crippen molar-refractivity contribution in [1.29, 1.82) is 0 Å². The van der Waals surface area contributed by atoms with Crippen molar-refractivity contribution in [1.82, 2.24) is 0 Å². The van der Waals surface area contributed by atoms with Crippen LogP contribution < -0.4 is 4.90 Å². The van der Waals surface area contributed by atoms with Gasteiger partial charge in [0.25, 0.3) is 0 Å². The van der Waals surface area contributed by atoms with Crippen molar-refractivity contribution in [2.24, 2.45) is 0 Å². The summed E-state index contributed by atoms with van der Waals surface area (Å²) >= 11 is 1.21. The number of Topliss-reactive ketones (excluding diaryl/α,β-unsaturated/α-hetero) is 1. The zero-order valence-corrected chi connectivity index (χ0v) is 17.6. The van der Waals surface area contributed by atoms with Crippen LogP contribution in [0.5, 0.6) is 0 Å². The van der Waals surface area contributed by atoms with E-state index in [1.54, 1.807) is 17.5 Å². The molecule has 1 atom stereocenters. The van der Waals surface area contributed by atoms with Gasteiger partial charge in [0.05, 0.1) is 17.8 Å². The maximum atomic E-state index is 12.8. The van der Waals surface area contributed by atoms with E-state index in [2.05, 4.69) is 0 Å². The first-order valence-corrected chi connectivity index (χ1v) is 10.4. The fraction of sp³-hybridized carbons (Fsp3) is 0.217. The summed E-state index contributed by atoms with van der Waals surface area (Å²) in [5.74, 6) is -2.96. The van der Waals surface area contributed by atoms with Gasteiger partial charge >= 0.3 is 11.9 Å². The number of esters is 1. The van der Waals surface area contributed by atoms with Crippen molar-refractivity contribution in [2.45, 2.75) is 25.8 Å². The molecule has 3 aromatic rings. The van der Waals surface area contributed by atoms with E-state index in [-0.39, 0.29) is 6.42 Å². The molecule has 0 radical (unpaired) electrons. The van der Waals surface area contributed by atoms with Gasteiger partial charge in [-0.1, -0.05) is 42.5 Å². The van der Waals surface area contributed by atoms with Gasteiger partial charge in [0.15, 0.2) is 12.4 Å². The van der Waals surface area contributed by atoms with Gasteiger partial charge < -0.3 is 9.84 Å². The Bertz CT molecular complexity index is 1100. The monoisotopic (exact) mass is 439 g/mol. The predicted molar refractivity (Wildman–Crippen MR) is 117 cm³/mol. The van der Waals surface area contributed by atoms with Crippen LogP contribution >= 0.6 is 11.3 Å². The molecule has 8 heteroatoms. The number of rotatable bonds is 9. The first-order chi connectivity index (χ1) is 14.9. The van der Waals surface area contributed by atoms with E-state index in [4.69, 9.17) is 4.74 Å². The van der Waals surface area contributed by atoms with Crippen molar-refractivity contribution in [3.63, 3.8) is 0 Å². The summed E-state index contributed by atoms with van der Waals surface area (Å²) in [5, 5.41) is 13.3. The Kier molecular flexibility index (Phi) is 7.15. The van der Waals surface area contributed by atoms with Gasteiger partial charge in [-0.25, -0.2) is 0 Å². The normalized spacial score (nSPS) is 11.6. The molecule has 0 aliphatic rings. The fourth-order valence-electron chi connectivity index (χ4n) is 3.35. The molecule has 160 valence electrons. The van der Waals surface area contributed by atoms with Crippen LogP contribution in [0.1, 0.15) is 18.9 Å². The number of carbonyl (C=O) groups is 4. The Morgan fingerprint density at radius 1 is 1.03 bits per heavy atom. The van der Waals surface area contributed by atoms with Crippen LogP contribution in [0.4, 0.5) is 5.00 Å². The third-order valence-electron chi connectivity index (χ3n) is 4.72. The molecule has 7 nitrogen and oxygen atoms in total. The van der Waals surface area contributed by atoms with Gasteiger partial charge in [-0.05, 0) is 33.8 Å². The Labute approximate surface area is 182 Å². The van der Waals surface area contributed by atoms with Crippen LogP contribution in [0.15, 0.2) is 60.0 Å². The van der Waals surface area contributed by atoms with Crippen molar-refractivity contribution < 1.29 is 29.0 Å². The number of carboxylic acid groups (broad SMARTS) is 1. The van der Waals surface area contributed by atoms with E-state index < -0.39 is 42.7 Å². The third kappa shape index (κ3) is 5.55. The summed E-state index contributed by atoms with van der Waals surface area (Å²) < 4.78 is 5.15. The van der Waals surface area contributed by atoms with E-state index in [0.717, 1.165) is 21.2 Å². The minimum absolute atomic E-state index is 0.0282. The van der Waals surface area contributed by atoms with Crippen molar-refractivity contribution in [2.75, 3.05) is 11.5 Å². The predicted octanol–water partition coefficient (Wildman–Crippen LogP) is 3.45. The highest BCUT2D eigenvalue weighted by Gasteiger charge is 2.32. The molecule has 3 rings (SSSR count). The van der Waals surface area contributed by atoms with Crippen LogP contribution in [0.2, 0.25) is 0 Å². The summed E-state index contributed by atoms with van der Waals surface area (Å²) in [7, 11) is 0. The lowest BCUT2D eigenvalue weighted by atomic mass is 10.0. The number of thiophene rings is 1. The van der Waals surface area contributed by atoms with Gasteiger partial charge in [0.1, 0.15) is 6.04 Å².